The minimum absolute atomic E-state index is 0.0604. The Morgan fingerprint density at radius 1 is 1.18 bits per heavy atom. The molecule has 0 saturated heterocycles. The third-order valence-electron chi connectivity index (χ3n) is 3.83. The molecule has 0 aliphatic carbocycles. The summed E-state index contributed by atoms with van der Waals surface area (Å²) in [6.45, 7) is 0.723. The van der Waals surface area contributed by atoms with Gasteiger partial charge in [-0.15, -0.1) is 0 Å². The maximum atomic E-state index is 12.2. The summed E-state index contributed by atoms with van der Waals surface area (Å²) in [7, 11) is 0. The molecule has 0 unspecified atom stereocenters. The Morgan fingerprint density at radius 2 is 2.09 bits per heavy atom. The van der Waals surface area contributed by atoms with Crippen LogP contribution < -0.4 is 5.56 Å². The van der Waals surface area contributed by atoms with Crippen LogP contribution in [0.15, 0.2) is 64.5 Å². The zero-order chi connectivity index (χ0) is 15.1. The van der Waals surface area contributed by atoms with Crippen LogP contribution in [0.4, 0.5) is 0 Å². The molecule has 0 saturated carbocycles. The van der Waals surface area contributed by atoms with Crippen LogP contribution in [0.25, 0.3) is 21.5 Å². The van der Waals surface area contributed by atoms with E-state index in [4.69, 9.17) is 0 Å². The van der Waals surface area contributed by atoms with Crippen molar-refractivity contribution >= 4 is 37.5 Å². The molecule has 2 heterocycles. The molecule has 2 aromatic heterocycles. The average molecular weight is 354 g/mol. The van der Waals surface area contributed by atoms with Gasteiger partial charge in [-0.1, -0.05) is 22.0 Å². The second-order valence-corrected chi connectivity index (χ2v) is 6.15. The first kappa shape index (κ1) is 13.3. The highest BCUT2D eigenvalue weighted by molar-refractivity contribution is 9.10. The molecule has 0 fully saturated rings. The standard InChI is InChI=1S/C17H12BrN3O/c18-13-1-2-14-12(9-21-6-5-19-10-21)7-11-3-4-20-17(22)16(11)15(14)8-13/h1-8,10H,9H2,(H,20,22). The number of imidazole rings is 1. The van der Waals surface area contributed by atoms with E-state index in [1.807, 2.05) is 29.0 Å². The lowest BCUT2D eigenvalue weighted by Gasteiger charge is -2.11. The molecule has 0 spiro atoms. The van der Waals surface area contributed by atoms with E-state index < -0.39 is 0 Å². The molecule has 1 N–H and O–H groups in total. The fraction of sp³-hybridized carbons (Fsp3) is 0.0588. The molecule has 0 aliphatic rings. The smallest absolute Gasteiger partial charge is 0.256 e. The summed E-state index contributed by atoms with van der Waals surface area (Å²) in [4.78, 5) is 19.1. The number of nitrogens with one attached hydrogen (secondary N) is 1. The first-order valence-electron chi connectivity index (χ1n) is 6.91. The highest BCUT2D eigenvalue weighted by Gasteiger charge is 2.10. The van der Waals surface area contributed by atoms with Crippen molar-refractivity contribution in [3.63, 3.8) is 0 Å². The Kier molecular flexibility index (Phi) is 3.08. The van der Waals surface area contributed by atoms with Crippen molar-refractivity contribution in [1.82, 2.24) is 14.5 Å². The van der Waals surface area contributed by atoms with Gasteiger partial charge < -0.3 is 9.55 Å². The Morgan fingerprint density at radius 3 is 2.91 bits per heavy atom. The number of aromatic amines is 1. The lowest BCUT2D eigenvalue weighted by molar-refractivity contribution is 0.803. The molecule has 0 aliphatic heterocycles. The van der Waals surface area contributed by atoms with Gasteiger partial charge in [-0.05, 0) is 46.0 Å². The van der Waals surface area contributed by atoms with E-state index in [9.17, 15) is 4.79 Å². The first-order chi connectivity index (χ1) is 10.7. The van der Waals surface area contributed by atoms with Crippen LogP contribution in [0.1, 0.15) is 5.56 Å². The fourth-order valence-corrected chi connectivity index (χ4v) is 3.23. The minimum atomic E-state index is -0.0604. The van der Waals surface area contributed by atoms with Gasteiger partial charge in [-0.2, -0.15) is 0 Å². The lowest BCUT2D eigenvalue weighted by atomic mass is 9.98. The van der Waals surface area contributed by atoms with Crippen LogP contribution in [-0.4, -0.2) is 14.5 Å². The van der Waals surface area contributed by atoms with E-state index in [0.29, 0.717) is 0 Å². The second kappa shape index (κ2) is 5.10. The van der Waals surface area contributed by atoms with E-state index in [1.54, 1.807) is 18.7 Å². The largest absolute Gasteiger partial charge is 0.333 e. The summed E-state index contributed by atoms with van der Waals surface area (Å²) >= 11 is 3.50. The number of rotatable bonds is 2. The number of fused-ring (bicyclic) bond motifs is 3. The number of pyridine rings is 1. The van der Waals surface area contributed by atoms with Gasteiger partial charge in [0.2, 0.25) is 0 Å². The molecule has 108 valence electrons. The van der Waals surface area contributed by atoms with Crippen LogP contribution >= 0.6 is 15.9 Å². The molecule has 0 amide bonds. The van der Waals surface area contributed by atoms with Crippen molar-refractivity contribution in [2.75, 3.05) is 0 Å². The lowest BCUT2D eigenvalue weighted by Crippen LogP contribution is -2.06. The number of hydrogen-bond acceptors (Lipinski definition) is 2. The Hall–Kier alpha value is -2.40. The maximum Gasteiger partial charge on any atom is 0.256 e. The molecule has 22 heavy (non-hydrogen) atoms. The Labute approximate surface area is 134 Å². The van der Waals surface area contributed by atoms with Crippen molar-refractivity contribution in [3.8, 4) is 0 Å². The number of benzene rings is 2. The van der Waals surface area contributed by atoms with Crippen molar-refractivity contribution in [1.29, 1.82) is 0 Å². The normalized spacial score (nSPS) is 11.3. The van der Waals surface area contributed by atoms with Crippen LogP contribution in [0.3, 0.4) is 0 Å². The topological polar surface area (TPSA) is 50.7 Å². The molecule has 4 nitrogen and oxygen atoms in total. The third-order valence-corrected chi connectivity index (χ3v) is 4.33. The van der Waals surface area contributed by atoms with Gasteiger partial charge in [-0.25, -0.2) is 4.98 Å². The molecular weight excluding hydrogens is 342 g/mol. The number of H-pyrrole nitrogens is 1. The zero-order valence-corrected chi connectivity index (χ0v) is 13.2. The van der Waals surface area contributed by atoms with Crippen molar-refractivity contribution < 1.29 is 0 Å². The molecule has 2 aromatic carbocycles. The fourth-order valence-electron chi connectivity index (χ4n) is 2.87. The molecule has 0 atom stereocenters. The van der Waals surface area contributed by atoms with E-state index in [-0.39, 0.29) is 5.56 Å². The summed E-state index contributed by atoms with van der Waals surface area (Å²) in [5.74, 6) is 0. The molecule has 5 heteroatoms. The molecular formula is C17H12BrN3O. The minimum Gasteiger partial charge on any atom is -0.333 e. The van der Waals surface area contributed by atoms with Crippen LogP contribution in [0, 0.1) is 0 Å². The van der Waals surface area contributed by atoms with Crippen molar-refractivity contribution in [2.24, 2.45) is 0 Å². The summed E-state index contributed by atoms with van der Waals surface area (Å²) < 4.78 is 2.99. The third kappa shape index (κ3) is 2.14. The van der Waals surface area contributed by atoms with Crippen molar-refractivity contribution in [2.45, 2.75) is 6.54 Å². The zero-order valence-electron chi connectivity index (χ0n) is 11.6. The SMILES string of the molecule is O=c1[nH]ccc2cc(Cn3ccnc3)c3ccc(Br)cc3c12. The quantitative estimate of drug-likeness (QED) is 0.558. The summed E-state index contributed by atoms with van der Waals surface area (Å²) in [5, 5.41) is 3.72. The van der Waals surface area contributed by atoms with Gasteiger partial charge in [0, 0.05) is 29.6 Å². The Balaban J connectivity index is 2.09. The van der Waals surface area contributed by atoms with Gasteiger partial charge in [0.1, 0.15) is 0 Å². The number of aromatic nitrogens is 3. The Bertz CT molecular complexity index is 1040. The highest BCUT2D eigenvalue weighted by Crippen LogP contribution is 2.29. The molecule has 0 radical (unpaired) electrons. The van der Waals surface area contributed by atoms with Gasteiger partial charge in [0.05, 0.1) is 11.7 Å². The summed E-state index contributed by atoms with van der Waals surface area (Å²) in [5.41, 5.74) is 1.10. The predicted octanol–water partition coefficient (Wildman–Crippen LogP) is 3.69. The molecule has 4 rings (SSSR count). The van der Waals surface area contributed by atoms with Gasteiger partial charge >= 0.3 is 0 Å². The monoisotopic (exact) mass is 353 g/mol. The van der Waals surface area contributed by atoms with Gasteiger partial charge in [0.25, 0.3) is 5.56 Å². The van der Waals surface area contributed by atoms with Gasteiger partial charge in [-0.3, -0.25) is 4.79 Å². The molecule has 4 aromatic rings. The molecule has 0 bridgehead atoms. The van der Waals surface area contributed by atoms with Crippen LogP contribution in [0.2, 0.25) is 0 Å². The van der Waals surface area contributed by atoms with E-state index in [2.05, 4.69) is 38.0 Å². The van der Waals surface area contributed by atoms with E-state index in [1.165, 1.54) is 5.56 Å². The summed E-state index contributed by atoms with van der Waals surface area (Å²) in [6.07, 6.45) is 7.19. The van der Waals surface area contributed by atoms with Gasteiger partial charge in [0.15, 0.2) is 0 Å². The van der Waals surface area contributed by atoms with E-state index in [0.717, 1.165) is 32.6 Å². The van der Waals surface area contributed by atoms with Crippen molar-refractivity contribution in [3.05, 3.63) is 75.6 Å². The number of hydrogen-bond donors (Lipinski definition) is 1. The predicted molar refractivity (Wildman–Crippen MR) is 91.1 cm³/mol. The van der Waals surface area contributed by atoms with Crippen LogP contribution in [0.5, 0.6) is 0 Å². The summed E-state index contributed by atoms with van der Waals surface area (Å²) in [6, 6.07) is 10.1. The second-order valence-electron chi connectivity index (χ2n) is 5.23. The first-order valence-corrected chi connectivity index (χ1v) is 7.70. The average Bonchev–Trinajstić information content (AvgIpc) is 3.00. The maximum absolute atomic E-state index is 12.2. The highest BCUT2D eigenvalue weighted by atomic mass is 79.9. The number of nitrogens with zero attached hydrogens (tertiary/aromatic N) is 2. The van der Waals surface area contributed by atoms with E-state index >= 15 is 0 Å². The van der Waals surface area contributed by atoms with Crippen LogP contribution in [-0.2, 0) is 6.54 Å². The number of halogens is 1.